The van der Waals surface area contributed by atoms with Gasteiger partial charge in [-0.1, -0.05) is 17.7 Å². The third-order valence-corrected chi connectivity index (χ3v) is 3.76. The van der Waals surface area contributed by atoms with E-state index in [1.807, 2.05) is 0 Å². The molecule has 0 aromatic heterocycles. The molecule has 25 heavy (non-hydrogen) atoms. The molecule has 0 fully saturated rings. The maximum absolute atomic E-state index is 13.0. The van der Waals surface area contributed by atoms with Crippen molar-refractivity contribution in [1.82, 2.24) is 10.6 Å². The van der Waals surface area contributed by atoms with Crippen molar-refractivity contribution in [3.8, 4) is 0 Å². The summed E-state index contributed by atoms with van der Waals surface area (Å²) in [5, 5.41) is 4.66. The number of benzene rings is 1. The molecular formula is C18H21FN2O4. The molecular weight excluding hydrogens is 327 g/mol. The van der Waals surface area contributed by atoms with Gasteiger partial charge in [0.25, 0.3) is 5.91 Å². The van der Waals surface area contributed by atoms with Crippen molar-refractivity contribution in [2.24, 2.45) is 0 Å². The summed E-state index contributed by atoms with van der Waals surface area (Å²) in [6, 6.07) is 4.30. The fourth-order valence-electron chi connectivity index (χ4n) is 2.51. The smallest absolute Gasteiger partial charge is 0.338 e. The summed E-state index contributed by atoms with van der Waals surface area (Å²) in [4.78, 5) is 34.8. The van der Waals surface area contributed by atoms with Crippen LogP contribution in [0, 0.1) is 5.82 Å². The molecule has 134 valence electrons. The van der Waals surface area contributed by atoms with Crippen LogP contribution in [0.4, 0.5) is 9.18 Å². The molecule has 1 aromatic rings. The highest BCUT2D eigenvalue weighted by Crippen LogP contribution is 2.19. The molecule has 7 heteroatoms. The zero-order valence-corrected chi connectivity index (χ0v) is 13.8. The number of ether oxygens (including phenoxy) is 1. The number of hydrogen-bond acceptors (Lipinski definition) is 4. The van der Waals surface area contributed by atoms with Crippen LogP contribution in [0.3, 0.4) is 0 Å². The molecule has 6 nitrogen and oxygen atoms in total. The molecule has 0 atom stereocenters. The molecule has 0 saturated heterocycles. The van der Waals surface area contributed by atoms with Gasteiger partial charge in [0.15, 0.2) is 6.61 Å². The number of hydrogen-bond donors (Lipinski definition) is 2. The summed E-state index contributed by atoms with van der Waals surface area (Å²) in [6.45, 7) is -0.179. The molecule has 0 saturated carbocycles. The van der Waals surface area contributed by atoms with E-state index in [2.05, 4.69) is 16.7 Å². The van der Waals surface area contributed by atoms with E-state index in [0.29, 0.717) is 6.54 Å². The fraction of sp³-hybridized carbons (Fsp3) is 0.389. The zero-order valence-electron chi connectivity index (χ0n) is 13.8. The van der Waals surface area contributed by atoms with Crippen LogP contribution in [0.1, 0.15) is 42.5 Å². The van der Waals surface area contributed by atoms with E-state index in [4.69, 9.17) is 4.74 Å². The predicted octanol–water partition coefficient (Wildman–Crippen LogP) is 2.70. The molecule has 0 aliphatic heterocycles. The van der Waals surface area contributed by atoms with Crippen LogP contribution < -0.4 is 10.6 Å². The van der Waals surface area contributed by atoms with Gasteiger partial charge in [-0.3, -0.25) is 10.1 Å². The van der Waals surface area contributed by atoms with Crippen molar-refractivity contribution in [3.63, 3.8) is 0 Å². The summed E-state index contributed by atoms with van der Waals surface area (Å²) >= 11 is 0. The lowest BCUT2D eigenvalue weighted by Crippen LogP contribution is -2.41. The van der Waals surface area contributed by atoms with Gasteiger partial charge in [-0.05, 0) is 50.3 Å². The van der Waals surface area contributed by atoms with Gasteiger partial charge in [-0.15, -0.1) is 0 Å². The number of urea groups is 1. The number of halogens is 1. The Morgan fingerprint density at radius 1 is 1.20 bits per heavy atom. The van der Waals surface area contributed by atoms with E-state index >= 15 is 0 Å². The highest BCUT2D eigenvalue weighted by atomic mass is 19.1. The van der Waals surface area contributed by atoms with Crippen LogP contribution in [0.15, 0.2) is 35.9 Å². The van der Waals surface area contributed by atoms with Crippen molar-refractivity contribution < 1.29 is 23.5 Å². The van der Waals surface area contributed by atoms with Crippen LogP contribution in [0.5, 0.6) is 0 Å². The lowest BCUT2D eigenvalue weighted by Gasteiger charge is -2.13. The molecule has 1 aliphatic rings. The average molecular weight is 348 g/mol. The van der Waals surface area contributed by atoms with Gasteiger partial charge in [-0.25, -0.2) is 14.0 Å². The summed E-state index contributed by atoms with van der Waals surface area (Å²) in [6.07, 6.45) is 7.47. The summed E-state index contributed by atoms with van der Waals surface area (Å²) in [7, 11) is 0. The second-order valence-electron chi connectivity index (χ2n) is 5.75. The van der Waals surface area contributed by atoms with Gasteiger partial charge < -0.3 is 10.1 Å². The minimum atomic E-state index is -0.834. The summed E-state index contributed by atoms with van der Waals surface area (Å²) in [5.74, 6) is -2.16. The Balaban J connectivity index is 1.64. The molecule has 0 radical (unpaired) electrons. The largest absolute Gasteiger partial charge is 0.452 e. The average Bonchev–Trinajstić information content (AvgIpc) is 2.60. The maximum Gasteiger partial charge on any atom is 0.338 e. The van der Waals surface area contributed by atoms with E-state index in [1.54, 1.807) is 0 Å². The Labute approximate surface area is 145 Å². The molecule has 1 aliphatic carbocycles. The van der Waals surface area contributed by atoms with Crippen LogP contribution in [-0.2, 0) is 9.53 Å². The van der Waals surface area contributed by atoms with Crippen molar-refractivity contribution in [3.05, 3.63) is 47.3 Å². The van der Waals surface area contributed by atoms with E-state index < -0.39 is 30.3 Å². The van der Waals surface area contributed by atoms with E-state index in [1.165, 1.54) is 36.6 Å². The molecule has 0 spiro atoms. The van der Waals surface area contributed by atoms with Gasteiger partial charge in [0.2, 0.25) is 0 Å². The topological polar surface area (TPSA) is 84.5 Å². The number of esters is 1. The predicted molar refractivity (Wildman–Crippen MR) is 89.4 cm³/mol. The Kier molecular flexibility index (Phi) is 7.13. The number of allylic oxidation sites excluding steroid dienone is 1. The quantitative estimate of drug-likeness (QED) is 0.611. The van der Waals surface area contributed by atoms with Crippen LogP contribution in [-0.4, -0.2) is 31.1 Å². The highest BCUT2D eigenvalue weighted by Gasteiger charge is 2.13. The number of carbonyl (C=O) groups excluding carboxylic acids is 3. The first-order chi connectivity index (χ1) is 12.0. The van der Waals surface area contributed by atoms with E-state index in [0.717, 1.165) is 25.3 Å². The minimum absolute atomic E-state index is 0.00184. The Morgan fingerprint density at radius 3 is 2.76 bits per heavy atom. The first kappa shape index (κ1) is 18.6. The third-order valence-electron chi connectivity index (χ3n) is 3.76. The number of amides is 3. The van der Waals surface area contributed by atoms with Crippen LogP contribution >= 0.6 is 0 Å². The lowest BCUT2D eigenvalue weighted by atomic mass is 9.97. The number of imide groups is 1. The van der Waals surface area contributed by atoms with Crippen LogP contribution in [0.25, 0.3) is 0 Å². The van der Waals surface area contributed by atoms with Gasteiger partial charge in [0.1, 0.15) is 5.82 Å². The fourth-order valence-corrected chi connectivity index (χ4v) is 2.51. The molecule has 0 heterocycles. The third kappa shape index (κ3) is 6.74. The van der Waals surface area contributed by atoms with Gasteiger partial charge >= 0.3 is 12.0 Å². The number of nitrogens with one attached hydrogen (secondary N) is 2. The zero-order chi connectivity index (χ0) is 18.1. The standard InChI is InChI=1S/C18H21FN2O4/c19-15-8-4-7-14(11-15)17(23)25-12-16(22)21-18(24)20-10-9-13-5-2-1-3-6-13/h4-5,7-8,11H,1-3,6,9-10,12H2,(H2,20,21,22,24). The van der Waals surface area contributed by atoms with Gasteiger partial charge in [0.05, 0.1) is 5.56 Å². The second-order valence-corrected chi connectivity index (χ2v) is 5.75. The van der Waals surface area contributed by atoms with Crippen molar-refractivity contribution in [2.45, 2.75) is 32.1 Å². The highest BCUT2D eigenvalue weighted by molar-refractivity contribution is 5.96. The van der Waals surface area contributed by atoms with E-state index in [9.17, 15) is 18.8 Å². The summed E-state index contributed by atoms with van der Waals surface area (Å²) in [5.41, 5.74) is 1.32. The Morgan fingerprint density at radius 2 is 2.04 bits per heavy atom. The van der Waals surface area contributed by atoms with Crippen molar-refractivity contribution >= 4 is 17.9 Å². The molecule has 2 N–H and O–H groups in total. The Bertz CT molecular complexity index is 673. The molecule has 1 aromatic carbocycles. The monoisotopic (exact) mass is 348 g/mol. The first-order valence-corrected chi connectivity index (χ1v) is 8.23. The van der Waals surface area contributed by atoms with Crippen molar-refractivity contribution in [1.29, 1.82) is 0 Å². The number of carbonyl (C=O) groups is 3. The van der Waals surface area contributed by atoms with Crippen molar-refractivity contribution in [2.75, 3.05) is 13.2 Å². The number of rotatable bonds is 6. The Hall–Kier alpha value is -2.70. The molecule has 0 unspecified atom stereocenters. The minimum Gasteiger partial charge on any atom is -0.452 e. The lowest BCUT2D eigenvalue weighted by molar-refractivity contribution is -0.123. The van der Waals surface area contributed by atoms with E-state index in [-0.39, 0.29) is 5.56 Å². The SMILES string of the molecule is O=C(COC(=O)c1cccc(F)c1)NC(=O)NCCC1=CCCCC1. The normalized spacial score (nSPS) is 13.6. The van der Waals surface area contributed by atoms with Gasteiger partial charge in [-0.2, -0.15) is 0 Å². The maximum atomic E-state index is 13.0. The van der Waals surface area contributed by atoms with Crippen LogP contribution in [0.2, 0.25) is 0 Å². The second kappa shape index (κ2) is 9.56. The molecule has 0 bridgehead atoms. The summed E-state index contributed by atoms with van der Waals surface area (Å²) < 4.78 is 17.7. The molecule has 2 rings (SSSR count). The first-order valence-electron chi connectivity index (χ1n) is 8.23. The molecule has 3 amide bonds. The van der Waals surface area contributed by atoms with Gasteiger partial charge in [0, 0.05) is 6.54 Å².